The fourth-order valence-corrected chi connectivity index (χ4v) is 4.16. The molecule has 0 radical (unpaired) electrons. The first-order valence-electron chi connectivity index (χ1n) is 6.25. The zero-order valence-corrected chi connectivity index (χ0v) is 11.4. The molecule has 2 rings (SSSR count). The van der Waals surface area contributed by atoms with Gasteiger partial charge in [-0.1, -0.05) is 0 Å². The lowest BCUT2D eigenvalue weighted by Gasteiger charge is -2.28. The summed E-state index contributed by atoms with van der Waals surface area (Å²) in [6.07, 6.45) is 0.923. The van der Waals surface area contributed by atoms with Crippen molar-refractivity contribution in [3.8, 4) is 0 Å². The molecule has 0 aromatic heterocycles. The van der Waals surface area contributed by atoms with Crippen molar-refractivity contribution in [1.82, 2.24) is 10.2 Å². The topological polar surface area (TPSA) is 75.7 Å². The summed E-state index contributed by atoms with van der Waals surface area (Å²) in [5.74, 6) is 0.282. The van der Waals surface area contributed by atoms with E-state index in [1.54, 1.807) is 11.9 Å². The number of hydrogen-bond donors (Lipinski definition) is 1. The standard InChI is InChI=1S/C11H20N2O4S/c1-13(10-2-5-18(15,16)8-10)11(14)6-9-7-17-4-3-12-9/h9-10,12H,2-8H2,1H3. The van der Waals surface area contributed by atoms with Gasteiger partial charge in [0.15, 0.2) is 9.84 Å². The predicted molar refractivity (Wildman–Crippen MR) is 67.1 cm³/mol. The third kappa shape index (κ3) is 3.43. The molecule has 0 saturated carbocycles. The highest BCUT2D eigenvalue weighted by molar-refractivity contribution is 7.91. The molecule has 2 heterocycles. The second-order valence-electron chi connectivity index (χ2n) is 4.99. The van der Waals surface area contributed by atoms with E-state index in [2.05, 4.69) is 5.32 Å². The van der Waals surface area contributed by atoms with Gasteiger partial charge < -0.3 is 15.0 Å². The molecular formula is C11H20N2O4S. The summed E-state index contributed by atoms with van der Waals surface area (Å²) in [4.78, 5) is 13.6. The highest BCUT2D eigenvalue weighted by Gasteiger charge is 2.33. The summed E-state index contributed by atoms with van der Waals surface area (Å²) < 4.78 is 28.1. The maximum atomic E-state index is 12.0. The van der Waals surface area contributed by atoms with Gasteiger partial charge in [0, 0.05) is 32.1 Å². The lowest BCUT2D eigenvalue weighted by atomic mass is 10.1. The Bertz CT molecular complexity index is 403. The molecule has 2 aliphatic heterocycles. The Kier molecular flexibility index (Phi) is 4.24. The first-order valence-corrected chi connectivity index (χ1v) is 8.07. The highest BCUT2D eigenvalue weighted by Crippen LogP contribution is 2.17. The summed E-state index contributed by atoms with van der Waals surface area (Å²) in [6.45, 7) is 1.99. The quantitative estimate of drug-likeness (QED) is 0.716. The molecule has 0 bridgehead atoms. The summed E-state index contributed by atoms with van der Waals surface area (Å²) >= 11 is 0. The van der Waals surface area contributed by atoms with Gasteiger partial charge in [-0.15, -0.1) is 0 Å². The molecule has 0 spiro atoms. The third-order valence-electron chi connectivity index (χ3n) is 3.57. The summed E-state index contributed by atoms with van der Waals surface area (Å²) in [7, 11) is -1.25. The van der Waals surface area contributed by atoms with Crippen LogP contribution in [0.25, 0.3) is 0 Å². The minimum absolute atomic E-state index is 0.0138. The van der Waals surface area contributed by atoms with Crippen LogP contribution in [0.5, 0.6) is 0 Å². The summed E-state index contributed by atoms with van der Waals surface area (Å²) in [6, 6.07) is -0.112. The fraction of sp³-hybridized carbons (Fsp3) is 0.909. The number of amides is 1. The first-order chi connectivity index (χ1) is 8.48. The van der Waals surface area contributed by atoms with Gasteiger partial charge in [-0.2, -0.15) is 0 Å². The molecule has 0 aromatic carbocycles. The van der Waals surface area contributed by atoms with Gasteiger partial charge >= 0.3 is 0 Å². The van der Waals surface area contributed by atoms with Gasteiger partial charge in [0.2, 0.25) is 5.91 Å². The Morgan fingerprint density at radius 3 is 2.83 bits per heavy atom. The zero-order valence-electron chi connectivity index (χ0n) is 10.6. The molecule has 0 aromatic rings. The van der Waals surface area contributed by atoms with Gasteiger partial charge in [0.25, 0.3) is 0 Å². The van der Waals surface area contributed by atoms with Crippen LogP contribution in [-0.4, -0.2) is 69.6 Å². The van der Waals surface area contributed by atoms with E-state index in [0.29, 0.717) is 26.1 Å². The number of nitrogens with zero attached hydrogens (tertiary/aromatic N) is 1. The molecule has 6 nitrogen and oxygen atoms in total. The molecule has 18 heavy (non-hydrogen) atoms. The number of ether oxygens (including phenoxy) is 1. The van der Waals surface area contributed by atoms with Crippen molar-refractivity contribution >= 4 is 15.7 Å². The third-order valence-corrected chi connectivity index (χ3v) is 5.32. The van der Waals surface area contributed by atoms with Crippen molar-refractivity contribution in [2.45, 2.75) is 24.9 Å². The van der Waals surface area contributed by atoms with Gasteiger partial charge in [-0.05, 0) is 6.42 Å². The van der Waals surface area contributed by atoms with Gasteiger partial charge in [-0.25, -0.2) is 8.42 Å². The van der Waals surface area contributed by atoms with Crippen LogP contribution in [0, 0.1) is 0 Å². The van der Waals surface area contributed by atoms with Crippen LogP contribution < -0.4 is 5.32 Å². The Balaban J connectivity index is 1.85. The van der Waals surface area contributed by atoms with Crippen LogP contribution in [0.4, 0.5) is 0 Å². The van der Waals surface area contributed by atoms with E-state index in [1.807, 2.05) is 0 Å². The second kappa shape index (κ2) is 5.54. The molecule has 2 atom stereocenters. The normalized spacial score (nSPS) is 31.2. The van der Waals surface area contributed by atoms with E-state index in [4.69, 9.17) is 4.74 Å². The molecular weight excluding hydrogens is 256 g/mol. The largest absolute Gasteiger partial charge is 0.378 e. The van der Waals surface area contributed by atoms with Crippen LogP contribution >= 0.6 is 0 Å². The van der Waals surface area contributed by atoms with Crippen molar-refractivity contribution in [2.24, 2.45) is 0 Å². The summed E-state index contributed by atoms with van der Waals surface area (Å²) in [5.41, 5.74) is 0. The minimum atomic E-state index is -2.94. The smallest absolute Gasteiger partial charge is 0.224 e. The number of carbonyl (C=O) groups is 1. The Labute approximate surface area is 108 Å². The van der Waals surface area contributed by atoms with Crippen LogP contribution in [0.15, 0.2) is 0 Å². The maximum absolute atomic E-state index is 12.0. The van der Waals surface area contributed by atoms with E-state index in [9.17, 15) is 13.2 Å². The molecule has 104 valence electrons. The number of morpholine rings is 1. The van der Waals surface area contributed by atoms with E-state index < -0.39 is 9.84 Å². The van der Waals surface area contributed by atoms with E-state index in [0.717, 1.165) is 6.54 Å². The molecule has 2 unspecified atom stereocenters. The number of rotatable bonds is 3. The van der Waals surface area contributed by atoms with E-state index >= 15 is 0 Å². The SMILES string of the molecule is CN(C(=O)CC1COCCN1)C1CCS(=O)(=O)C1. The monoisotopic (exact) mass is 276 g/mol. The molecule has 2 saturated heterocycles. The van der Waals surface area contributed by atoms with E-state index in [1.165, 1.54) is 0 Å². The molecule has 2 aliphatic rings. The number of nitrogens with one attached hydrogen (secondary N) is 1. The number of carbonyl (C=O) groups excluding carboxylic acids is 1. The first kappa shape index (κ1) is 13.8. The Hall–Kier alpha value is -0.660. The number of hydrogen-bond acceptors (Lipinski definition) is 5. The minimum Gasteiger partial charge on any atom is -0.378 e. The molecule has 1 amide bonds. The summed E-state index contributed by atoms with van der Waals surface area (Å²) in [5, 5.41) is 3.22. The van der Waals surface area contributed by atoms with Crippen molar-refractivity contribution in [2.75, 3.05) is 38.3 Å². The zero-order chi connectivity index (χ0) is 13.2. The Morgan fingerprint density at radius 1 is 1.50 bits per heavy atom. The molecule has 0 aliphatic carbocycles. The predicted octanol–water partition coefficient (Wildman–Crippen LogP) is -0.990. The van der Waals surface area contributed by atoms with Crippen LogP contribution in [0.1, 0.15) is 12.8 Å². The van der Waals surface area contributed by atoms with Crippen molar-refractivity contribution < 1.29 is 17.9 Å². The molecule has 2 fully saturated rings. The van der Waals surface area contributed by atoms with Gasteiger partial charge in [-0.3, -0.25) is 4.79 Å². The Morgan fingerprint density at radius 2 is 2.28 bits per heavy atom. The lowest BCUT2D eigenvalue weighted by molar-refractivity contribution is -0.132. The van der Waals surface area contributed by atoms with Crippen molar-refractivity contribution in [1.29, 1.82) is 0 Å². The number of sulfone groups is 1. The van der Waals surface area contributed by atoms with E-state index in [-0.39, 0.29) is 29.5 Å². The van der Waals surface area contributed by atoms with Crippen LogP contribution in [0.2, 0.25) is 0 Å². The van der Waals surface area contributed by atoms with Crippen LogP contribution in [-0.2, 0) is 19.4 Å². The maximum Gasteiger partial charge on any atom is 0.224 e. The van der Waals surface area contributed by atoms with Crippen molar-refractivity contribution in [3.63, 3.8) is 0 Å². The van der Waals surface area contributed by atoms with Gasteiger partial charge in [0.05, 0.1) is 24.7 Å². The average molecular weight is 276 g/mol. The highest BCUT2D eigenvalue weighted by atomic mass is 32.2. The second-order valence-corrected chi connectivity index (χ2v) is 7.22. The average Bonchev–Trinajstić information content (AvgIpc) is 2.70. The molecule has 1 N–H and O–H groups in total. The molecule has 7 heteroatoms. The van der Waals surface area contributed by atoms with Gasteiger partial charge in [0.1, 0.15) is 0 Å². The van der Waals surface area contributed by atoms with Crippen molar-refractivity contribution in [3.05, 3.63) is 0 Å². The lowest BCUT2D eigenvalue weighted by Crippen LogP contribution is -2.46. The van der Waals surface area contributed by atoms with Crippen LogP contribution in [0.3, 0.4) is 0 Å². The fourth-order valence-electron chi connectivity index (χ4n) is 2.39.